The van der Waals surface area contributed by atoms with Crippen molar-refractivity contribution in [3.05, 3.63) is 35.9 Å². The van der Waals surface area contributed by atoms with Gasteiger partial charge in [0.05, 0.1) is 5.75 Å². The highest BCUT2D eigenvalue weighted by molar-refractivity contribution is 7.92. The van der Waals surface area contributed by atoms with Crippen molar-refractivity contribution < 1.29 is 18.0 Å². The number of sulfone groups is 1. The van der Waals surface area contributed by atoms with Gasteiger partial charge in [-0.05, 0) is 17.9 Å². The van der Waals surface area contributed by atoms with Crippen molar-refractivity contribution >= 4 is 21.7 Å². The van der Waals surface area contributed by atoms with Crippen molar-refractivity contribution in [3.63, 3.8) is 0 Å². The molecule has 0 fully saturated rings. The highest BCUT2D eigenvalue weighted by atomic mass is 32.2. The van der Waals surface area contributed by atoms with E-state index >= 15 is 0 Å². The zero-order valence-electron chi connectivity index (χ0n) is 12.8. The fourth-order valence-corrected chi connectivity index (χ4v) is 3.31. The van der Waals surface area contributed by atoms with Crippen LogP contribution in [0.5, 0.6) is 0 Å². The maximum Gasteiger partial charge on any atom is 0.244 e. The summed E-state index contributed by atoms with van der Waals surface area (Å²) in [6.45, 7) is 3.82. The second-order valence-electron chi connectivity index (χ2n) is 5.59. The number of amides is 2. The number of primary amides is 1. The molecular weight excluding hydrogens is 304 g/mol. The first-order valence-corrected chi connectivity index (χ1v) is 8.87. The van der Waals surface area contributed by atoms with Crippen LogP contribution in [0.3, 0.4) is 0 Å². The van der Waals surface area contributed by atoms with E-state index in [9.17, 15) is 18.0 Å². The third-order valence-corrected chi connectivity index (χ3v) is 4.64. The summed E-state index contributed by atoms with van der Waals surface area (Å²) in [7, 11) is -3.49. The Balaban J connectivity index is 2.71. The van der Waals surface area contributed by atoms with Crippen molar-refractivity contribution in [2.45, 2.75) is 26.3 Å². The van der Waals surface area contributed by atoms with Gasteiger partial charge in [0.2, 0.25) is 11.8 Å². The second kappa shape index (κ2) is 7.93. The van der Waals surface area contributed by atoms with E-state index in [1.54, 1.807) is 30.3 Å². The van der Waals surface area contributed by atoms with Crippen LogP contribution in [0.4, 0.5) is 0 Å². The molecule has 122 valence electrons. The Morgan fingerprint density at radius 2 is 1.77 bits per heavy atom. The van der Waals surface area contributed by atoms with E-state index in [1.807, 2.05) is 13.8 Å². The standard InChI is InChI=1S/C15H22N2O4S/c1-11(2)8-9-22(20,21)10-13(18)17-14(15(16)19)12-6-4-3-5-7-12/h3-7,11,14H,8-10H2,1-2H3,(H2,16,19)(H,17,18)/t14-/m1/s1. The summed E-state index contributed by atoms with van der Waals surface area (Å²) in [5.74, 6) is -1.92. The lowest BCUT2D eigenvalue weighted by molar-refractivity contribution is -0.126. The Labute approximate surface area is 131 Å². The fraction of sp³-hybridized carbons (Fsp3) is 0.467. The summed E-state index contributed by atoms with van der Waals surface area (Å²) >= 11 is 0. The van der Waals surface area contributed by atoms with Gasteiger partial charge in [-0.1, -0.05) is 44.2 Å². The van der Waals surface area contributed by atoms with Gasteiger partial charge < -0.3 is 11.1 Å². The van der Waals surface area contributed by atoms with Crippen molar-refractivity contribution in [2.75, 3.05) is 11.5 Å². The number of carbonyl (C=O) groups excluding carboxylic acids is 2. The quantitative estimate of drug-likeness (QED) is 0.736. The topological polar surface area (TPSA) is 106 Å². The highest BCUT2D eigenvalue weighted by Crippen LogP contribution is 2.12. The molecule has 0 saturated heterocycles. The van der Waals surface area contributed by atoms with E-state index in [0.717, 1.165) is 0 Å². The molecule has 0 aliphatic carbocycles. The molecule has 7 heteroatoms. The van der Waals surface area contributed by atoms with Crippen LogP contribution in [0.1, 0.15) is 31.9 Å². The molecule has 2 amide bonds. The first kappa shape index (κ1) is 18.2. The molecule has 0 radical (unpaired) electrons. The smallest absolute Gasteiger partial charge is 0.244 e. The number of hydrogen-bond acceptors (Lipinski definition) is 4. The lowest BCUT2D eigenvalue weighted by Gasteiger charge is -2.16. The van der Waals surface area contributed by atoms with E-state index in [0.29, 0.717) is 12.0 Å². The highest BCUT2D eigenvalue weighted by Gasteiger charge is 2.23. The average Bonchev–Trinajstić information content (AvgIpc) is 2.43. The summed E-state index contributed by atoms with van der Waals surface area (Å²) in [5, 5.41) is 2.38. The lowest BCUT2D eigenvalue weighted by atomic mass is 10.1. The van der Waals surface area contributed by atoms with E-state index in [2.05, 4.69) is 5.32 Å². The summed E-state index contributed by atoms with van der Waals surface area (Å²) in [5.41, 5.74) is 5.79. The van der Waals surface area contributed by atoms with Crippen LogP contribution in [-0.2, 0) is 19.4 Å². The van der Waals surface area contributed by atoms with Gasteiger partial charge in [-0.25, -0.2) is 8.42 Å². The number of rotatable bonds is 8. The first-order valence-electron chi connectivity index (χ1n) is 7.05. The Kier molecular flexibility index (Phi) is 6.55. The number of nitrogens with two attached hydrogens (primary N) is 1. The maximum absolute atomic E-state index is 11.9. The maximum atomic E-state index is 11.9. The summed E-state index contributed by atoms with van der Waals surface area (Å²) < 4.78 is 23.7. The zero-order valence-corrected chi connectivity index (χ0v) is 13.6. The largest absolute Gasteiger partial charge is 0.368 e. The molecule has 1 atom stereocenters. The van der Waals surface area contributed by atoms with Crippen molar-refractivity contribution in [1.29, 1.82) is 0 Å². The number of carbonyl (C=O) groups is 2. The molecule has 1 aromatic rings. The summed E-state index contributed by atoms with van der Waals surface area (Å²) in [6.07, 6.45) is 0.494. The van der Waals surface area contributed by atoms with Crippen LogP contribution in [0.2, 0.25) is 0 Å². The minimum Gasteiger partial charge on any atom is -0.368 e. The van der Waals surface area contributed by atoms with E-state index in [-0.39, 0.29) is 11.7 Å². The molecule has 0 aliphatic rings. The molecule has 0 saturated carbocycles. The van der Waals surface area contributed by atoms with Gasteiger partial charge in [-0.3, -0.25) is 9.59 Å². The average molecular weight is 326 g/mol. The normalized spacial score (nSPS) is 12.9. The van der Waals surface area contributed by atoms with Crippen LogP contribution in [0, 0.1) is 5.92 Å². The molecule has 1 rings (SSSR count). The van der Waals surface area contributed by atoms with Gasteiger partial charge >= 0.3 is 0 Å². The van der Waals surface area contributed by atoms with Crippen LogP contribution in [0.15, 0.2) is 30.3 Å². The van der Waals surface area contributed by atoms with Crippen LogP contribution < -0.4 is 11.1 Å². The van der Waals surface area contributed by atoms with Crippen LogP contribution in [-0.4, -0.2) is 31.7 Å². The summed E-state index contributed by atoms with van der Waals surface area (Å²) in [4.78, 5) is 23.4. The third kappa shape index (κ3) is 6.26. The van der Waals surface area contributed by atoms with Crippen molar-refractivity contribution in [2.24, 2.45) is 11.7 Å². The molecule has 3 N–H and O–H groups in total. The molecule has 0 aromatic heterocycles. The van der Waals surface area contributed by atoms with E-state index in [1.165, 1.54) is 0 Å². The molecule has 0 bridgehead atoms. The predicted octanol–water partition coefficient (Wildman–Crippen LogP) is 0.790. The van der Waals surface area contributed by atoms with Gasteiger partial charge in [-0.2, -0.15) is 0 Å². The Morgan fingerprint density at radius 1 is 1.18 bits per heavy atom. The van der Waals surface area contributed by atoms with Gasteiger partial charge in [0.15, 0.2) is 9.84 Å². The molecular formula is C15H22N2O4S. The van der Waals surface area contributed by atoms with Gasteiger partial charge in [-0.15, -0.1) is 0 Å². The molecule has 22 heavy (non-hydrogen) atoms. The Morgan fingerprint density at radius 3 is 2.27 bits per heavy atom. The number of benzene rings is 1. The van der Waals surface area contributed by atoms with Crippen LogP contribution >= 0.6 is 0 Å². The molecule has 0 spiro atoms. The number of nitrogens with one attached hydrogen (secondary N) is 1. The fourth-order valence-electron chi connectivity index (χ4n) is 1.85. The van der Waals surface area contributed by atoms with Crippen molar-refractivity contribution in [3.8, 4) is 0 Å². The molecule has 0 aliphatic heterocycles. The third-order valence-electron chi connectivity index (χ3n) is 3.08. The molecule has 0 unspecified atom stereocenters. The first-order chi connectivity index (χ1) is 10.2. The molecule has 1 aromatic carbocycles. The Bertz CT molecular complexity index is 612. The predicted molar refractivity (Wildman–Crippen MR) is 84.6 cm³/mol. The minimum absolute atomic E-state index is 0.0509. The van der Waals surface area contributed by atoms with E-state index in [4.69, 9.17) is 5.73 Å². The SMILES string of the molecule is CC(C)CCS(=O)(=O)CC(=O)N[C@@H](C(N)=O)c1ccccc1. The monoisotopic (exact) mass is 326 g/mol. The van der Waals surface area contributed by atoms with Gasteiger partial charge in [0.1, 0.15) is 11.8 Å². The zero-order chi connectivity index (χ0) is 16.8. The minimum atomic E-state index is -3.49. The Hall–Kier alpha value is -1.89. The van der Waals surface area contributed by atoms with Crippen molar-refractivity contribution in [1.82, 2.24) is 5.32 Å². The molecule has 6 nitrogen and oxygen atoms in total. The van der Waals surface area contributed by atoms with Crippen LogP contribution in [0.25, 0.3) is 0 Å². The van der Waals surface area contributed by atoms with Gasteiger partial charge in [0, 0.05) is 0 Å². The lowest BCUT2D eigenvalue weighted by Crippen LogP contribution is -2.40. The molecule has 0 heterocycles. The second-order valence-corrected chi connectivity index (χ2v) is 7.77. The number of hydrogen-bond donors (Lipinski definition) is 2. The van der Waals surface area contributed by atoms with Gasteiger partial charge in [0.25, 0.3) is 0 Å². The van der Waals surface area contributed by atoms with E-state index < -0.39 is 33.4 Å². The summed E-state index contributed by atoms with van der Waals surface area (Å²) in [6, 6.07) is 7.42.